The van der Waals surface area contributed by atoms with Gasteiger partial charge in [0, 0.05) is 6.42 Å². The fraction of sp³-hybridized carbons (Fsp3) is 0.804. The van der Waals surface area contributed by atoms with Gasteiger partial charge < -0.3 is 20.3 Å². The van der Waals surface area contributed by atoms with Crippen molar-refractivity contribution in [3.05, 3.63) is 48.6 Å². The molecule has 0 bridgehead atoms. The summed E-state index contributed by atoms with van der Waals surface area (Å²) >= 11 is 0. The van der Waals surface area contributed by atoms with Crippen LogP contribution < -0.4 is 5.32 Å². The molecule has 0 aromatic heterocycles. The third kappa shape index (κ3) is 40.4. The van der Waals surface area contributed by atoms with Crippen LogP contribution in [0.1, 0.15) is 239 Å². The summed E-state index contributed by atoms with van der Waals surface area (Å²) in [5, 5.41) is 23.6. The Kier molecular flexibility index (Phi) is 43.2. The highest BCUT2D eigenvalue weighted by Crippen LogP contribution is 2.17. The second kappa shape index (κ2) is 44.9. The van der Waals surface area contributed by atoms with Gasteiger partial charge in [0.1, 0.15) is 6.10 Å². The van der Waals surface area contributed by atoms with E-state index in [4.69, 9.17) is 4.74 Å². The van der Waals surface area contributed by atoms with Crippen molar-refractivity contribution in [2.75, 3.05) is 6.61 Å². The average Bonchev–Trinajstić information content (AvgIpc) is 3.20. The molecule has 0 heterocycles. The minimum atomic E-state index is -0.793. The number of allylic oxidation sites excluding steroid dienone is 8. The van der Waals surface area contributed by atoms with Crippen molar-refractivity contribution in [2.45, 2.75) is 257 Å². The fourth-order valence-corrected chi connectivity index (χ4v) is 7.14. The van der Waals surface area contributed by atoms with E-state index >= 15 is 0 Å². The van der Waals surface area contributed by atoms with Gasteiger partial charge in [0.2, 0.25) is 5.91 Å². The van der Waals surface area contributed by atoms with E-state index in [-0.39, 0.29) is 24.9 Å². The van der Waals surface area contributed by atoms with E-state index in [1.54, 1.807) is 0 Å². The van der Waals surface area contributed by atoms with Gasteiger partial charge in [-0.05, 0) is 83.5 Å². The first-order chi connectivity index (χ1) is 28.0. The van der Waals surface area contributed by atoms with Crippen LogP contribution in [-0.2, 0) is 14.3 Å². The summed E-state index contributed by atoms with van der Waals surface area (Å²) < 4.78 is 5.88. The molecular weight excluding hydrogens is 707 g/mol. The number of carbonyl (C=O) groups excluding carboxylic acids is 2. The van der Waals surface area contributed by atoms with Crippen LogP contribution in [0.3, 0.4) is 0 Å². The number of carbonyl (C=O) groups is 2. The summed E-state index contributed by atoms with van der Waals surface area (Å²) in [7, 11) is 0. The summed E-state index contributed by atoms with van der Waals surface area (Å²) in [5.41, 5.74) is 0. The van der Waals surface area contributed by atoms with Gasteiger partial charge >= 0.3 is 5.97 Å². The molecule has 3 N–H and O–H groups in total. The van der Waals surface area contributed by atoms with Gasteiger partial charge in [-0.25, -0.2) is 0 Å². The van der Waals surface area contributed by atoms with E-state index in [1.165, 1.54) is 89.9 Å². The van der Waals surface area contributed by atoms with E-state index in [1.807, 2.05) is 0 Å². The quantitative estimate of drug-likeness (QED) is 0.0324. The van der Waals surface area contributed by atoms with Gasteiger partial charge in [0.15, 0.2) is 0 Å². The Morgan fingerprint density at radius 1 is 0.509 bits per heavy atom. The molecule has 3 unspecified atom stereocenters. The molecule has 0 spiro atoms. The summed E-state index contributed by atoms with van der Waals surface area (Å²) in [6.45, 7) is 6.37. The molecule has 0 aliphatic carbocycles. The van der Waals surface area contributed by atoms with Crippen LogP contribution in [0.15, 0.2) is 48.6 Å². The molecule has 0 saturated carbocycles. The Morgan fingerprint density at radius 2 is 0.930 bits per heavy atom. The lowest BCUT2D eigenvalue weighted by Gasteiger charge is -2.24. The minimum Gasteiger partial charge on any atom is -0.462 e. The van der Waals surface area contributed by atoms with E-state index in [2.05, 4.69) is 74.7 Å². The number of aliphatic hydroxyl groups excluding tert-OH is 2. The highest BCUT2D eigenvalue weighted by Gasteiger charge is 2.24. The van der Waals surface area contributed by atoms with E-state index < -0.39 is 18.2 Å². The predicted molar refractivity (Wildman–Crippen MR) is 245 cm³/mol. The topological polar surface area (TPSA) is 95.9 Å². The first kappa shape index (κ1) is 54.8. The number of hydrogen-bond acceptors (Lipinski definition) is 5. The highest BCUT2D eigenvalue weighted by molar-refractivity contribution is 5.77. The maximum Gasteiger partial charge on any atom is 0.306 e. The zero-order valence-electron chi connectivity index (χ0n) is 37.7. The minimum absolute atomic E-state index is 0.0569. The molecule has 1 amide bonds. The van der Waals surface area contributed by atoms with E-state index in [9.17, 15) is 19.8 Å². The molecule has 3 atom stereocenters. The molecule has 0 aromatic rings. The lowest BCUT2D eigenvalue weighted by molar-refractivity contribution is -0.151. The van der Waals surface area contributed by atoms with Gasteiger partial charge in [0.25, 0.3) is 0 Å². The van der Waals surface area contributed by atoms with Gasteiger partial charge in [-0.1, -0.05) is 191 Å². The summed E-state index contributed by atoms with van der Waals surface area (Å²) in [4.78, 5) is 26.0. The Morgan fingerprint density at radius 3 is 1.49 bits per heavy atom. The van der Waals surface area contributed by atoms with Crippen molar-refractivity contribution >= 4 is 11.9 Å². The normalized spacial score (nSPS) is 13.7. The number of aliphatic hydroxyl groups is 2. The molecule has 0 fully saturated rings. The third-order valence-electron chi connectivity index (χ3n) is 10.9. The SMILES string of the molecule is CCC/C=C\CCCCCC(CC(=O)NC(CO)C(O)CCCCCCCCCCCCCCC)OC(=O)CCCCCC/C=C\C/C=C\C/C=C\CCCCC. The molecule has 0 aliphatic rings. The molecule has 0 rings (SSSR count). The molecule has 0 saturated heterocycles. The van der Waals surface area contributed by atoms with Crippen molar-refractivity contribution in [3.63, 3.8) is 0 Å². The third-order valence-corrected chi connectivity index (χ3v) is 10.9. The number of esters is 1. The molecule has 6 heteroatoms. The Hall–Kier alpha value is -2.18. The molecule has 57 heavy (non-hydrogen) atoms. The maximum atomic E-state index is 13.1. The van der Waals surface area contributed by atoms with Crippen molar-refractivity contribution in [3.8, 4) is 0 Å². The smallest absolute Gasteiger partial charge is 0.306 e. The summed E-state index contributed by atoms with van der Waals surface area (Å²) in [5.74, 6) is -0.518. The Balaban J connectivity index is 4.49. The second-order valence-corrected chi connectivity index (χ2v) is 16.5. The molecule has 0 aliphatic heterocycles. The number of rotatable bonds is 43. The van der Waals surface area contributed by atoms with Crippen LogP contribution in [0.25, 0.3) is 0 Å². The summed E-state index contributed by atoms with van der Waals surface area (Å²) in [6.07, 6.45) is 53.2. The van der Waals surface area contributed by atoms with Crippen molar-refractivity contribution in [1.82, 2.24) is 5.32 Å². The van der Waals surface area contributed by atoms with Crippen molar-refractivity contribution < 1.29 is 24.5 Å². The fourth-order valence-electron chi connectivity index (χ4n) is 7.14. The standard InChI is InChI=1S/C51H93NO5/c1-4-7-10-13-16-19-21-23-24-25-26-28-30-32-35-38-41-44-51(56)57-47(42-39-36-33-18-15-12-9-6-3)45-50(55)52-48(46-53)49(54)43-40-37-34-31-29-27-22-20-17-14-11-8-5-2/h12,15-16,19,23-24,26,28,47-49,53-54H,4-11,13-14,17-18,20-22,25,27,29-46H2,1-3H3,(H,52,55)/b15-12-,19-16-,24-23-,28-26-. The Bertz CT molecular complexity index is 988. The van der Waals surface area contributed by atoms with Crippen LogP contribution in [-0.4, -0.2) is 46.9 Å². The first-order valence-corrected chi connectivity index (χ1v) is 24.4. The van der Waals surface area contributed by atoms with Gasteiger partial charge in [-0.2, -0.15) is 0 Å². The van der Waals surface area contributed by atoms with Crippen LogP contribution in [0.5, 0.6) is 0 Å². The number of unbranched alkanes of at least 4 members (excludes halogenated alkanes) is 23. The Labute approximate surface area is 353 Å². The molecular formula is C51H93NO5. The maximum absolute atomic E-state index is 13.1. The number of nitrogens with one attached hydrogen (secondary N) is 1. The number of ether oxygens (including phenoxy) is 1. The van der Waals surface area contributed by atoms with Crippen LogP contribution in [0.4, 0.5) is 0 Å². The largest absolute Gasteiger partial charge is 0.462 e. The molecule has 0 radical (unpaired) electrons. The van der Waals surface area contributed by atoms with Crippen molar-refractivity contribution in [1.29, 1.82) is 0 Å². The lowest BCUT2D eigenvalue weighted by atomic mass is 10.0. The second-order valence-electron chi connectivity index (χ2n) is 16.5. The van der Waals surface area contributed by atoms with Gasteiger partial charge in [-0.15, -0.1) is 0 Å². The highest BCUT2D eigenvalue weighted by atomic mass is 16.5. The van der Waals surface area contributed by atoms with Crippen LogP contribution >= 0.6 is 0 Å². The van der Waals surface area contributed by atoms with E-state index in [0.717, 1.165) is 103 Å². The first-order valence-electron chi connectivity index (χ1n) is 24.4. The van der Waals surface area contributed by atoms with Gasteiger partial charge in [-0.3, -0.25) is 9.59 Å². The lowest BCUT2D eigenvalue weighted by Crippen LogP contribution is -2.46. The molecule has 332 valence electrons. The molecule has 0 aromatic carbocycles. The van der Waals surface area contributed by atoms with Gasteiger partial charge in [0.05, 0.1) is 25.2 Å². The summed E-state index contributed by atoms with van der Waals surface area (Å²) in [6, 6.07) is -0.709. The number of hydrogen-bond donors (Lipinski definition) is 3. The zero-order chi connectivity index (χ0) is 41.7. The molecule has 6 nitrogen and oxygen atoms in total. The van der Waals surface area contributed by atoms with E-state index in [0.29, 0.717) is 19.3 Å². The van der Waals surface area contributed by atoms with Crippen LogP contribution in [0.2, 0.25) is 0 Å². The average molecular weight is 800 g/mol. The van der Waals surface area contributed by atoms with Crippen molar-refractivity contribution in [2.24, 2.45) is 0 Å². The predicted octanol–water partition coefficient (Wildman–Crippen LogP) is 14.3. The zero-order valence-corrected chi connectivity index (χ0v) is 37.7. The number of amides is 1. The van der Waals surface area contributed by atoms with Crippen LogP contribution in [0, 0.1) is 0 Å². The monoisotopic (exact) mass is 800 g/mol.